The Morgan fingerprint density at radius 3 is 2.35 bits per heavy atom. The molecule has 2 heterocycles. The topological polar surface area (TPSA) is 77.8 Å². The van der Waals surface area contributed by atoms with Gasteiger partial charge < -0.3 is 10.2 Å². The van der Waals surface area contributed by atoms with E-state index in [2.05, 4.69) is 15.0 Å². The molecule has 0 spiro atoms. The van der Waals surface area contributed by atoms with Crippen LogP contribution in [-0.2, 0) is 0 Å². The van der Waals surface area contributed by atoms with Gasteiger partial charge in [-0.3, -0.25) is 0 Å². The van der Waals surface area contributed by atoms with Crippen molar-refractivity contribution in [1.82, 2.24) is 15.0 Å². The Bertz CT molecular complexity index is 545. The molecule has 17 heavy (non-hydrogen) atoms. The van der Waals surface area contributed by atoms with Crippen molar-refractivity contribution in [2.24, 2.45) is 0 Å². The summed E-state index contributed by atoms with van der Waals surface area (Å²) in [7, 11) is 0. The van der Waals surface area contributed by atoms with Crippen molar-refractivity contribution in [2.75, 3.05) is 5.73 Å². The number of aryl methyl sites for hydroxylation is 3. The number of hydrogen-bond donors (Lipinski definition) is 1. The third-order valence-corrected chi connectivity index (χ3v) is 3.38. The van der Waals surface area contributed by atoms with Crippen LogP contribution in [0.5, 0.6) is 0 Å². The fraction of sp³-hybridized carbons (Fsp3) is 0.364. The number of nitrogens with two attached hydrogens (primary N) is 1. The fourth-order valence-electron chi connectivity index (χ4n) is 1.29. The second-order valence-electron chi connectivity index (χ2n) is 3.81. The molecule has 0 aliphatic rings. The van der Waals surface area contributed by atoms with Crippen molar-refractivity contribution < 1.29 is 4.42 Å². The van der Waals surface area contributed by atoms with Gasteiger partial charge in [-0.2, -0.15) is 0 Å². The van der Waals surface area contributed by atoms with Gasteiger partial charge >= 0.3 is 0 Å². The summed E-state index contributed by atoms with van der Waals surface area (Å²) in [4.78, 5) is 12.7. The molecule has 0 aliphatic carbocycles. The van der Waals surface area contributed by atoms with Crippen LogP contribution in [-0.4, -0.2) is 15.0 Å². The van der Waals surface area contributed by atoms with E-state index in [9.17, 15) is 0 Å². The normalized spacial score (nSPS) is 10.8. The lowest BCUT2D eigenvalue weighted by atomic mass is 10.3. The van der Waals surface area contributed by atoms with Gasteiger partial charge in [0.2, 0.25) is 0 Å². The SMILES string of the molecule is Cc1nc(N)c(C)c(Sc2nc(C)c(C)o2)n1. The maximum Gasteiger partial charge on any atom is 0.262 e. The molecule has 2 aromatic heterocycles. The highest BCUT2D eigenvalue weighted by Crippen LogP contribution is 2.30. The van der Waals surface area contributed by atoms with Crippen molar-refractivity contribution in [3.63, 3.8) is 0 Å². The third-order valence-electron chi connectivity index (χ3n) is 2.44. The smallest absolute Gasteiger partial charge is 0.262 e. The van der Waals surface area contributed by atoms with E-state index < -0.39 is 0 Å². The summed E-state index contributed by atoms with van der Waals surface area (Å²) in [6, 6.07) is 0. The fourth-order valence-corrected chi connectivity index (χ4v) is 2.24. The van der Waals surface area contributed by atoms with E-state index in [4.69, 9.17) is 10.2 Å². The van der Waals surface area contributed by atoms with E-state index in [1.165, 1.54) is 11.8 Å². The quantitative estimate of drug-likeness (QED) is 0.825. The summed E-state index contributed by atoms with van der Waals surface area (Å²) in [6.07, 6.45) is 0. The van der Waals surface area contributed by atoms with Gasteiger partial charge in [-0.15, -0.1) is 0 Å². The largest absolute Gasteiger partial charge is 0.436 e. The maximum atomic E-state index is 5.79. The number of oxazole rings is 1. The highest BCUT2D eigenvalue weighted by Gasteiger charge is 2.13. The summed E-state index contributed by atoms with van der Waals surface area (Å²) < 4.78 is 5.50. The van der Waals surface area contributed by atoms with Crippen LogP contribution >= 0.6 is 11.8 Å². The van der Waals surface area contributed by atoms with Crippen molar-refractivity contribution in [3.05, 3.63) is 22.8 Å². The Labute approximate surface area is 104 Å². The van der Waals surface area contributed by atoms with E-state index in [1.807, 2.05) is 27.7 Å². The highest BCUT2D eigenvalue weighted by atomic mass is 32.2. The summed E-state index contributed by atoms with van der Waals surface area (Å²) in [5.41, 5.74) is 7.54. The van der Waals surface area contributed by atoms with Gasteiger partial charge in [0, 0.05) is 5.56 Å². The van der Waals surface area contributed by atoms with Crippen LogP contribution < -0.4 is 5.73 Å². The molecule has 0 bridgehead atoms. The number of anilines is 1. The van der Waals surface area contributed by atoms with Crippen LogP contribution in [0.25, 0.3) is 0 Å². The predicted molar refractivity (Wildman–Crippen MR) is 66.0 cm³/mol. The molecule has 2 rings (SSSR count). The number of hydrogen-bond acceptors (Lipinski definition) is 6. The highest BCUT2D eigenvalue weighted by molar-refractivity contribution is 7.99. The van der Waals surface area contributed by atoms with Gasteiger partial charge in [0.15, 0.2) is 0 Å². The monoisotopic (exact) mass is 250 g/mol. The van der Waals surface area contributed by atoms with Crippen molar-refractivity contribution in [2.45, 2.75) is 37.9 Å². The van der Waals surface area contributed by atoms with E-state index in [-0.39, 0.29) is 0 Å². The average Bonchev–Trinajstić information content (AvgIpc) is 2.54. The minimum Gasteiger partial charge on any atom is -0.436 e. The van der Waals surface area contributed by atoms with Crippen molar-refractivity contribution >= 4 is 17.6 Å². The summed E-state index contributed by atoms with van der Waals surface area (Å²) >= 11 is 1.37. The number of nitrogens with zero attached hydrogens (tertiary/aromatic N) is 3. The molecular weight excluding hydrogens is 236 g/mol. The molecule has 2 aromatic rings. The molecule has 6 heteroatoms. The molecule has 2 N–H and O–H groups in total. The first-order chi connectivity index (χ1) is 7.97. The van der Waals surface area contributed by atoms with Crippen LogP contribution in [0.4, 0.5) is 5.82 Å². The second kappa shape index (κ2) is 4.37. The molecule has 0 atom stereocenters. The van der Waals surface area contributed by atoms with E-state index >= 15 is 0 Å². The van der Waals surface area contributed by atoms with Gasteiger partial charge in [0.05, 0.1) is 5.69 Å². The standard InChI is InChI=1S/C11H14N4OS/c1-5-9(12)14-8(4)15-10(5)17-11-13-6(2)7(3)16-11/h1-4H3,(H2,12,14,15). The lowest BCUT2D eigenvalue weighted by Gasteiger charge is -2.05. The van der Waals surface area contributed by atoms with Crippen LogP contribution in [0.3, 0.4) is 0 Å². The lowest BCUT2D eigenvalue weighted by molar-refractivity contribution is 0.431. The van der Waals surface area contributed by atoms with Crippen LogP contribution in [0.2, 0.25) is 0 Å². The van der Waals surface area contributed by atoms with Crippen LogP contribution in [0.15, 0.2) is 14.7 Å². The first kappa shape index (κ1) is 11.9. The third kappa shape index (κ3) is 2.41. The maximum absolute atomic E-state index is 5.79. The van der Waals surface area contributed by atoms with Gasteiger partial charge in [-0.1, -0.05) is 0 Å². The Morgan fingerprint density at radius 2 is 1.76 bits per heavy atom. The van der Waals surface area contributed by atoms with E-state index in [1.54, 1.807) is 0 Å². The predicted octanol–water partition coefficient (Wildman–Crippen LogP) is 2.43. The first-order valence-corrected chi connectivity index (χ1v) is 6.01. The molecule has 0 fully saturated rings. The summed E-state index contributed by atoms with van der Waals surface area (Å²) in [6.45, 7) is 7.50. The van der Waals surface area contributed by atoms with Gasteiger partial charge in [-0.25, -0.2) is 15.0 Å². The number of aromatic nitrogens is 3. The molecule has 0 unspecified atom stereocenters. The summed E-state index contributed by atoms with van der Waals surface area (Å²) in [5.74, 6) is 1.97. The minimum absolute atomic E-state index is 0.500. The Kier molecular flexibility index (Phi) is 3.06. The number of rotatable bonds is 2. The average molecular weight is 250 g/mol. The van der Waals surface area contributed by atoms with E-state index in [0.717, 1.165) is 22.0 Å². The van der Waals surface area contributed by atoms with E-state index in [0.29, 0.717) is 16.9 Å². The van der Waals surface area contributed by atoms with Crippen LogP contribution in [0, 0.1) is 27.7 Å². The van der Waals surface area contributed by atoms with Gasteiger partial charge in [-0.05, 0) is 39.5 Å². The molecule has 0 amide bonds. The van der Waals surface area contributed by atoms with Crippen molar-refractivity contribution in [3.8, 4) is 0 Å². The number of nitrogen functional groups attached to an aromatic ring is 1. The molecular formula is C11H14N4OS. The Morgan fingerprint density at radius 1 is 1.06 bits per heavy atom. The van der Waals surface area contributed by atoms with Crippen LogP contribution in [0.1, 0.15) is 22.8 Å². The Hall–Kier alpha value is -1.56. The molecule has 0 saturated carbocycles. The minimum atomic E-state index is 0.500. The molecule has 0 aliphatic heterocycles. The second-order valence-corrected chi connectivity index (χ2v) is 4.75. The molecule has 0 aromatic carbocycles. The van der Waals surface area contributed by atoms with Crippen molar-refractivity contribution in [1.29, 1.82) is 0 Å². The van der Waals surface area contributed by atoms with Gasteiger partial charge in [0.1, 0.15) is 22.4 Å². The zero-order chi connectivity index (χ0) is 12.6. The molecule has 5 nitrogen and oxygen atoms in total. The lowest BCUT2D eigenvalue weighted by Crippen LogP contribution is -2.01. The molecule has 0 radical (unpaired) electrons. The Balaban J connectivity index is 2.36. The zero-order valence-electron chi connectivity index (χ0n) is 10.2. The zero-order valence-corrected chi connectivity index (χ0v) is 11.1. The first-order valence-electron chi connectivity index (χ1n) is 5.20. The summed E-state index contributed by atoms with van der Waals surface area (Å²) in [5, 5.41) is 1.37. The molecule has 0 saturated heterocycles. The molecule has 90 valence electrons. The van der Waals surface area contributed by atoms with Gasteiger partial charge in [0.25, 0.3) is 5.22 Å².